The highest BCUT2D eigenvalue weighted by molar-refractivity contribution is 5.85. The molecule has 1 heterocycles. The SMILES string of the molecule is CCOCCCN(CC(=O)N(Cc1ccc(F)cc1)Cc1ccco1)C(=O)CC(C)(C)C. The Kier molecular flexibility index (Phi) is 9.91. The lowest BCUT2D eigenvalue weighted by molar-refractivity contribution is -0.142. The maximum Gasteiger partial charge on any atom is 0.242 e. The quantitative estimate of drug-likeness (QED) is 0.446. The molecule has 176 valence electrons. The van der Waals surface area contributed by atoms with Gasteiger partial charge in [-0.2, -0.15) is 0 Å². The molecule has 0 bridgehead atoms. The second-order valence-corrected chi connectivity index (χ2v) is 9.06. The van der Waals surface area contributed by atoms with Gasteiger partial charge >= 0.3 is 0 Å². The predicted molar refractivity (Wildman–Crippen MR) is 121 cm³/mol. The van der Waals surface area contributed by atoms with Gasteiger partial charge in [-0.25, -0.2) is 4.39 Å². The van der Waals surface area contributed by atoms with Crippen LogP contribution in [0.4, 0.5) is 4.39 Å². The van der Waals surface area contributed by atoms with Gasteiger partial charge in [0.2, 0.25) is 11.8 Å². The van der Waals surface area contributed by atoms with E-state index in [1.807, 2.05) is 27.7 Å². The molecule has 6 nitrogen and oxygen atoms in total. The Labute approximate surface area is 190 Å². The summed E-state index contributed by atoms with van der Waals surface area (Å²) in [4.78, 5) is 29.5. The number of halogens is 1. The lowest BCUT2D eigenvalue weighted by Crippen LogP contribution is -2.44. The van der Waals surface area contributed by atoms with Crippen LogP contribution in [-0.4, -0.2) is 47.9 Å². The molecule has 1 aromatic heterocycles. The van der Waals surface area contributed by atoms with E-state index >= 15 is 0 Å². The van der Waals surface area contributed by atoms with Gasteiger partial charge in [-0.15, -0.1) is 0 Å². The Bertz CT molecular complexity index is 829. The fourth-order valence-electron chi connectivity index (χ4n) is 3.26. The molecule has 1 aromatic carbocycles. The molecular weight excluding hydrogens is 411 g/mol. The Morgan fingerprint density at radius 1 is 1.03 bits per heavy atom. The zero-order valence-corrected chi connectivity index (χ0v) is 19.6. The number of ether oxygens (including phenoxy) is 1. The summed E-state index contributed by atoms with van der Waals surface area (Å²) in [5.41, 5.74) is 0.621. The fourth-order valence-corrected chi connectivity index (χ4v) is 3.26. The van der Waals surface area contributed by atoms with Gasteiger partial charge in [-0.05, 0) is 48.6 Å². The van der Waals surface area contributed by atoms with Crippen LogP contribution in [0, 0.1) is 11.2 Å². The van der Waals surface area contributed by atoms with Crippen LogP contribution in [0.25, 0.3) is 0 Å². The van der Waals surface area contributed by atoms with Crippen LogP contribution in [0.15, 0.2) is 47.1 Å². The maximum absolute atomic E-state index is 13.3. The number of hydrogen-bond donors (Lipinski definition) is 0. The number of amides is 2. The van der Waals surface area contributed by atoms with Crippen molar-refractivity contribution in [2.75, 3.05) is 26.3 Å². The van der Waals surface area contributed by atoms with Crippen LogP contribution in [0.1, 0.15) is 51.9 Å². The van der Waals surface area contributed by atoms with Gasteiger partial charge in [0.25, 0.3) is 0 Å². The van der Waals surface area contributed by atoms with Crippen LogP contribution < -0.4 is 0 Å². The third-order valence-electron chi connectivity index (χ3n) is 4.85. The van der Waals surface area contributed by atoms with Gasteiger partial charge in [0, 0.05) is 32.7 Å². The van der Waals surface area contributed by atoms with E-state index in [-0.39, 0.29) is 36.1 Å². The minimum atomic E-state index is -0.328. The number of rotatable bonds is 12. The van der Waals surface area contributed by atoms with Crippen molar-refractivity contribution in [3.63, 3.8) is 0 Å². The summed E-state index contributed by atoms with van der Waals surface area (Å²) >= 11 is 0. The molecular formula is C25H35FN2O4. The molecule has 2 aromatic rings. The summed E-state index contributed by atoms with van der Waals surface area (Å²) in [6, 6.07) is 9.62. The number of hydrogen-bond acceptors (Lipinski definition) is 4. The first kappa shape index (κ1) is 25.6. The average molecular weight is 447 g/mol. The molecule has 7 heteroatoms. The minimum absolute atomic E-state index is 0.0249. The molecule has 0 saturated carbocycles. The second kappa shape index (κ2) is 12.4. The van der Waals surface area contributed by atoms with Crippen molar-refractivity contribution in [1.82, 2.24) is 9.80 Å². The zero-order valence-electron chi connectivity index (χ0n) is 19.6. The van der Waals surface area contributed by atoms with Crippen LogP contribution >= 0.6 is 0 Å². The molecule has 0 N–H and O–H groups in total. The summed E-state index contributed by atoms with van der Waals surface area (Å²) < 4.78 is 24.1. The van der Waals surface area contributed by atoms with Gasteiger partial charge in [-0.1, -0.05) is 32.9 Å². The van der Waals surface area contributed by atoms with Crippen molar-refractivity contribution in [1.29, 1.82) is 0 Å². The van der Waals surface area contributed by atoms with E-state index in [1.165, 1.54) is 12.1 Å². The maximum atomic E-state index is 13.3. The van der Waals surface area contributed by atoms with E-state index in [0.29, 0.717) is 44.9 Å². The minimum Gasteiger partial charge on any atom is -0.467 e. The van der Waals surface area contributed by atoms with E-state index in [1.54, 1.807) is 40.3 Å². The molecule has 2 rings (SSSR count). The molecule has 0 atom stereocenters. The second-order valence-electron chi connectivity index (χ2n) is 9.06. The number of nitrogens with zero attached hydrogens (tertiary/aromatic N) is 2. The van der Waals surface area contributed by atoms with Gasteiger partial charge in [0.1, 0.15) is 11.6 Å². The van der Waals surface area contributed by atoms with Crippen molar-refractivity contribution in [3.8, 4) is 0 Å². The first-order valence-corrected chi connectivity index (χ1v) is 11.1. The molecule has 32 heavy (non-hydrogen) atoms. The molecule has 0 aliphatic carbocycles. The fraction of sp³-hybridized carbons (Fsp3) is 0.520. The van der Waals surface area contributed by atoms with Crippen LogP contribution in [0.5, 0.6) is 0 Å². The van der Waals surface area contributed by atoms with E-state index in [4.69, 9.17) is 9.15 Å². The number of carbonyl (C=O) groups is 2. The van der Waals surface area contributed by atoms with Crippen LogP contribution in [0.3, 0.4) is 0 Å². The van der Waals surface area contributed by atoms with Gasteiger partial charge < -0.3 is 19.0 Å². The van der Waals surface area contributed by atoms with E-state index in [0.717, 1.165) is 5.56 Å². The first-order valence-electron chi connectivity index (χ1n) is 11.1. The predicted octanol–water partition coefficient (Wildman–Crippen LogP) is 4.64. The highest BCUT2D eigenvalue weighted by Gasteiger charge is 2.25. The van der Waals surface area contributed by atoms with E-state index in [2.05, 4.69) is 0 Å². The van der Waals surface area contributed by atoms with Crippen molar-refractivity contribution in [2.24, 2.45) is 5.41 Å². The smallest absolute Gasteiger partial charge is 0.242 e. The summed E-state index contributed by atoms with van der Waals surface area (Å²) in [7, 11) is 0. The van der Waals surface area contributed by atoms with E-state index < -0.39 is 0 Å². The largest absolute Gasteiger partial charge is 0.467 e. The van der Waals surface area contributed by atoms with Crippen molar-refractivity contribution in [3.05, 3.63) is 59.8 Å². The lowest BCUT2D eigenvalue weighted by Gasteiger charge is -2.29. The lowest BCUT2D eigenvalue weighted by atomic mass is 9.91. The Morgan fingerprint density at radius 2 is 1.75 bits per heavy atom. The summed E-state index contributed by atoms with van der Waals surface area (Å²) in [5, 5.41) is 0. The summed E-state index contributed by atoms with van der Waals surface area (Å²) in [6.45, 7) is 10.1. The van der Waals surface area contributed by atoms with Crippen LogP contribution in [0.2, 0.25) is 0 Å². The Balaban J connectivity index is 2.14. The molecule has 0 unspecified atom stereocenters. The third-order valence-corrected chi connectivity index (χ3v) is 4.85. The van der Waals surface area contributed by atoms with Crippen molar-refractivity contribution < 1.29 is 23.1 Å². The monoisotopic (exact) mass is 446 g/mol. The Hall–Kier alpha value is -2.67. The Morgan fingerprint density at radius 3 is 2.34 bits per heavy atom. The molecule has 0 fully saturated rings. The highest BCUT2D eigenvalue weighted by Crippen LogP contribution is 2.20. The average Bonchev–Trinajstić information content (AvgIpc) is 3.23. The molecule has 0 aliphatic heterocycles. The topological polar surface area (TPSA) is 63.0 Å². The molecule has 2 amide bonds. The number of benzene rings is 1. The zero-order chi connectivity index (χ0) is 23.6. The molecule has 0 radical (unpaired) electrons. The third kappa shape index (κ3) is 9.22. The normalized spacial score (nSPS) is 11.4. The highest BCUT2D eigenvalue weighted by atomic mass is 19.1. The molecule has 0 aliphatic rings. The standard InChI is InChI=1S/C25H35FN2O4/c1-5-31-14-7-13-27(23(29)16-25(2,3)4)19-24(30)28(18-22-8-6-15-32-22)17-20-9-11-21(26)12-10-20/h6,8-12,15H,5,7,13-14,16-19H2,1-4H3. The van der Waals surface area contributed by atoms with Crippen molar-refractivity contribution >= 4 is 11.8 Å². The molecule has 0 saturated heterocycles. The number of furan rings is 1. The van der Waals surface area contributed by atoms with Gasteiger partial charge in [0.05, 0.1) is 19.4 Å². The van der Waals surface area contributed by atoms with Crippen LogP contribution in [-0.2, 0) is 27.4 Å². The number of carbonyl (C=O) groups excluding carboxylic acids is 2. The molecule has 0 spiro atoms. The van der Waals surface area contributed by atoms with Gasteiger partial charge in [-0.3, -0.25) is 9.59 Å². The summed E-state index contributed by atoms with van der Waals surface area (Å²) in [5.74, 6) is 0.0711. The van der Waals surface area contributed by atoms with Crippen molar-refractivity contribution in [2.45, 2.75) is 53.6 Å². The first-order chi connectivity index (χ1) is 15.2. The van der Waals surface area contributed by atoms with E-state index in [9.17, 15) is 14.0 Å². The summed E-state index contributed by atoms with van der Waals surface area (Å²) in [6.07, 6.45) is 2.57. The van der Waals surface area contributed by atoms with Gasteiger partial charge in [0.15, 0.2) is 0 Å².